The zero-order chi connectivity index (χ0) is 16.2. The normalized spacial score (nSPS) is 22.9. The molecule has 23 heavy (non-hydrogen) atoms. The predicted molar refractivity (Wildman–Crippen MR) is 84.0 cm³/mol. The summed E-state index contributed by atoms with van der Waals surface area (Å²) in [5.41, 5.74) is 0. The van der Waals surface area contributed by atoms with Crippen LogP contribution in [0.25, 0.3) is 0 Å². The maximum atomic E-state index is 12.3. The van der Waals surface area contributed by atoms with Gasteiger partial charge in [0.15, 0.2) is 5.82 Å². The number of amides is 1. The van der Waals surface area contributed by atoms with E-state index >= 15 is 0 Å². The van der Waals surface area contributed by atoms with E-state index in [1.807, 2.05) is 18.7 Å². The molecule has 1 unspecified atom stereocenters. The molecule has 2 saturated heterocycles. The zero-order valence-corrected chi connectivity index (χ0v) is 14.0. The van der Waals surface area contributed by atoms with Gasteiger partial charge in [-0.25, -0.2) is 0 Å². The number of hydrogen-bond donors (Lipinski definition) is 0. The first-order valence-electron chi connectivity index (χ1n) is 8.58. The van der Waals surface area contributed by atoms with Gasteiger partial charge in [-0.05, 0) is 19.4 Å². The molecule has 0 aliphatic carbocycles. The van der Waals surface area contributed by atoms with Crippen LogP contribution in [-0.4, -0.2) is 65.2 Å². The highest BCUT2D eigenvalue weighted by atomic mass is 16.5. The molecule has 0 radical (unpaired) electrons. The van der Waals surface area contributed by atoms with E-state index in [0.717, 1.165) is 31.8 Å². The lowest BCUT2D eigenvalue weighted by Gasteiger charge is -2.28. The van der Waals surface area contributed by atoms with Gasteiger partial charge in [-0.15, -0.1) is 0 Å². The van der Waals surface area contributed by atoms with E-state index in [4.69, 9.17) is 9.26 Å². The lowest BCUT2D eigenvalue weighted by Crippen LogP contribution is -2.42. The van der Waals surface area contributed by atoms with Gasteiger partial charge in [0.2, 0.25) is 11.8 Å². The molecule has 7 heteroatoms. The summed E-state index contributed by atoms with van der Waals surface area (Å²) in [7, 11) is 0. The Labute approximate surface area is 137 Å². The Kier molecular flexibility index (Phi) is 5.27. The van der Waals surface area contributed by atoms with Gasteiger partial charge in [0.1, 0.15) is 0 Å². The van der Waals surface area contributed by atoms with Gasteiger partial charge >= 0.3 is 0 Å². The molecule has 0 spiro atoms. The van der Waals surface area contributed by atoms with Crippen LogP contribution in [0, 0.1) is 0 Å². The maximum absolute atomic E-state index is 12.3. The van der Waals surface area contributed by atoms with Crippen LogP contribution in [-0.2, 0) is 9.53 Å². The predicted octanol–water partition coefficient (Wildman–Crippen LogP) is 1.58. The molecular weight excluding hydrogens is 296 g/mol. The number of morpholine rings is 1. The molecule has 3 heterocycles. The van der Waals surface area contributed by atoms with Gasteiger partial charge in [0, 0.05) is 32.0 Å². The average molecular weight is 322 g/mol. The van der Waals surface area contributed by atoms with Crippen molar-refractivity contribution in [2.24, 2.45) is 0 Å². The van der Waals surface area contributed by atoms with Crippen LogP contribution >= 0.6 is 0 Å². The largest absolute Gasteiger partial charge is 0.378 e. The van der Waals surface area contributed by atoms with Crippen LogP contribution in [0.1, 0.15) is 56.8 Å². The first-order chi connectivity index (χ1) is 11.1. The van der Waals surface area contributed by atoms with Gasteiger partial charge < -0.3 is 14.2 Å². The number of nitrogens with zero attached hydrogens (tertiary/aromatic N) is 4. The highest BCUT2D eigenvalue weighted by Crippen LogP contribution is 2.30. The fraction of sp³-hybridized carbons (Fsp3) is 0.812. The van der Waals surface area contributed by atoms with E-state index in [1.165, 1.54) is 0 Å². The van der Waals surface area contributed by atoms with Gasteiger partial charge in [0.25, 0.3) is 0 Å². The molecule has 0 N–H and O–H groups in total. The lowest BCUT2D eigenvalue weighted by atomic mass is 10.2. The van der Waals surface area contributed by atoms with Crippen LogP contribution in [0.2, 0.25) is 0 Å². The molecule has 0 bridgehead atoms. The molecule has 3 rings (SSSR count). The first kappa shape index (κ1) is 16.4. The summed E-state index contributed by atoms with van der Waals surface area (Å²) in [6.07, 6.45) is 2.69. The second-order valence-corrected chi connectivity index (χ2v) is 6.58. The quantitative estimate of drug-likeness (QED) is 0.819. The minimum atomic E-state index is 0.184. The number of ether oxygens (including phenoxy) is 1. The number of aromatic nitrogens is 2. The summed E-state index contributed by atoms with van der Waals surface area (Å²) in [4.78, 5) is 21.0. The Morgan fingerprint density at radius 2 is 2.09 bits per heavy atom. The summed E-state index contributed by atoms with van der Waals surface area (Å²) in [6, 6.07) is 0.184. The minimum absolute atomic E-state index is 0.184. The van der Waals surface area contributed by atoms with E-state index < -0.39 is 0 Å². The number of likely N-dealkylation sites (tertiary alicyclic amines) is 1. The summed E-state index contributed by atoms with van der Waals surface area (Å²) < 4.78 is 10.6. The summed E-state index contributed by atoms with van der Waals surface area (Å²) in [5, 5.41) is 4.15. The van der Waals surface area contributed by atoms with Crippen molar-refractivity contribution in [3.8, 4) is 0 Å². The summed E-state index contributed by atoms with van der Waals surface area (Å²) in [5.74, 6) is 1.92. The van der Waals surface area contributed by atoms with E-state index in [-0.39, 0.29) is 17.9 Å². The Morgan fingerprint density at radius 3 is 2.78 bits per heavy atom. The van der Waals surface area contributed by atoms with Crippen molar-refractivity contribution in [3.05, 3.63) is 11.7 Å². The highest BCUT2D eigenvalue weighted by Gasteiger charge is 2.31. The fourth-order valence-corrected chi connectivity index (χ4v) is 3.21. The second kappa shape index (κ2) is 7.40. The van der Waals surface area contributed by atoms with Crippen LogP contribution < -0.4 is 0 Å². The first-order valence-corrected chi connectivity index (χ1v) is 8.58. The maximum Gasteiger partial charge on any atom is 0.229 e. The summed E-state index contributed by atoms with van der Waals surface area (Å²) >= 11 is 0. The molecule has 2 aliphatic heterocycles. The van der Waals surface area contributed by atoms with Crippen molar-refractivity contribution in [1.82, 2.24) is 19.9 Å². The molecular formula is C16H26N4O3. The SMILES string of the molecule is CC(C)c1nc(C2CCCN2CCC(=O)N2CCOCC2)no1. The smallest absolute Gasteiger partial charge is 0.229 e. The molecule has 2 fully saturated rings. The van der Waals surface area contributed by atoms with Crippen molar-refractivity contribution in [1.29, 1.82) is 0 Å². The van der Waals surface area contributed by atoms with Crippen molar-refractivity contribution in [3.63, 3.8) is 0 Å². The fourth-order valence-electron chi connectivity index (χ4n) is 3.21. The third-order valence-corrected chi connectivity index (χ3v) is 4.59. The van der Waals surface area contributed by atoms with Crippen LogP contribution in [0.3, 0.4) is 0 Å². The molecule has 7 nitrogen and oxygen atoms in total. The topological polar surface area (TPSA) is 71.7 Å². The monoisotopic (exact) mass is 322 g/mol. The van der Waals surface area contributed by atoms with Gasteiger partial charge in [-0.2, -0.15) is 4.98 Å². The van der Waals surface area contributed by atoms with E-state index in [2.05, 4.69) is 15.0 Å². The second-order valence-electron chi connectivity index (χ2n) is 6.58. The van der Waals surface area contributed by atoms with Crippen LogP contribution in [0.5, 0.6) is 0 Å². The van der Waals surface area contributed by atoms with Crippen molar-refractivity contribution in [2.45, 2.75) is 45.1 Å². The number of carbonyl (C=O) groups excluding carboxylic acids is 1. The Bertz CT molecular complexity index is 525. The Morgan fingerprint density at radius 1 is 1.30 bits per heavy atom. The van der Waals surface area contributed by atoms with Crippen molar-refractivity contribution >= 4 is 5.91 Å². The van der Waals surface area contributed by atoms with Crippen molar-refractivity contribution < 1.29 is 14.1 Å². The number of carbonyl (C=O) groups is 1. The molecule has 128 valence electrons. The lowest BCUT2D eigenvalue weighted by molar-refractivity contribution is -0.135. The molecule has 0 saturated carbocycles. The third-order valence-electron chi connectivity index (χ3n) is 4.59. The van der Waals surface area contributed by atoms with Crippen LogP contribution in [0.15, 0.2) is 4.52 Å². The van der Waals surface area contributed by atoms with E-state index in [9.17, 15) is 4.79 Å². The molecule has 1 aromatic rings. The third kappa shape index (κ3) is 3.90. The molecule has 1 aromatic heterocycles. The standard InChI is InChI=1S/C16H26N4O3/c1-12(2)16-17-15(18-23-16)13-4-3-6-19(13)7-5-14(21)20-8-10-22-11-9-20/h12-13H,3-11H2,1-2H3. The van der Waals surface area contributed by atoms with E-state index in [1.54, 1.807) is 0 Å². The minimum Gasteiger partial charge on any atom is -0.378 e. The van der Waals surface area contributed by atoms with Gasteiger partial charge in [-0.3, -0.25) is 9.69 Å². The van der Waals surface area contributed by atoms with Crippen LogP contribution in [0.4, 0.5) is 0 Å². The molecule has 2 aliphatic rings. The van der Waals surface area contributed by atoms with Gasteiger partial charge in [-0.1, -0.05) is 19.0 Å². The molecule has 1 amide bonds. The summed E-state index contributed by atoms with van der Waals surface area (Å²) in [6.45, 7) is 8.57. The Hall–Kier alpha value is -1.47. The highest BCUT2D eigenvalue weighted by molar-refractivity contribution is 5.76. The average Bonchev–Trinajstić information content (AvgIpc) is 3.22. The molecule has 0 aromatic carbocycles. The Balaban J connectivity index is 1.55. The number of rotatable bonds is 5. The molecule has 1 atom stereocenters. The van der Waals surface area contributed by atoms with E-state index in [0.29, 0.717) is 38.6 Å². The van der Waals surface area contributed by atoms with Gasteiger partial charge in [0.05, 0.1) is 19.3 Å². The van der Waals surface area contributed by atoms with Crippen molar-refractivity contribution in [2.75, 3.05) is 39.4 Å². The zero-order valence-electron chi connectivity index (χ0n) is 14.0. The number of hydrogen-bond acceptors (Lipinski definition) is 6.